The molecule has 0 aliphatic carbocycles. The normalized spacial score (nSPS) is 20.6. The van der Waals surface area contributed by atoms with Crippen LogP contribution >= 0.6 is 0 Å². The molecule has 1 unspecified atom stereocenters. The molecule has 0 spiro atoms. The van der Waals surface area contributed by atoms with E-state index in [1.54, 1.807) is 0 Å². The summed E-state index contributed by atoms with van der Waals surface area (Å²) in [5.41, 5.74) is 0. The fourth-order valence-electron chi connectivity index (χ4n) is 1.71. The van der Waals surface area contributed by atoms with Gasteiger partial charge in [-0.05, 0) is 6.92 Å². The molecule has 1 heterocycles. The van der Waals surface area contributed by atoms with E-state index in [4.69, 9.17) is 9.84 Å². The second-order valence-electron chi connectivity index (χ2n) is 4.17. The summed E-state index contributed by atoms with van der Waals surface area (Å²) in [4.78, 5) is 24.1. The lowest BCUT2D eigenvalue weighted by Crippen LogP contribution is -2.55. The second kappa shape index (κ2) is 6.31. The molecule has 9 heteroatoms. The molecule has 1 N–H and O–H groups in total. The van der Waals surface area contributed by atoms with E-state index in [2.05, 4.69) is 0 Å². The largest absolute Gasteiger partial charge is 0.480 e. The summed E-state index contributed by atoms with van der Waals surface area (Å²) >= 11 is 0. The van der Waals surface area contributed by atoms with E-state index in [1.807, 2.05) is 0 Å². The van der Waals surface area contributed by atoms with Crippen LogP contribution < -0.4 is 0 Å². The topological polar surface area (TPSA) is 104 Å². The van der Waals surface area contributed by atoms with Crippen molar-refractivity contribution in [2.75, 3.05) is 39.1 Å². The van der Waals surface area contributed by atoms with Gasteiger partial charge in [0.2, 0.25) is 15.9 Å². The number of sulfonamides is 1. The van der Waals surface area contributed by atoms with Crippen LogP contribution in [0, 0.1) is 0 Å². The van der Waals surface area contributed by atoms with Crippen LogP contribution in [-0.2, 0) is 24.3 Å². The molecule has 0 aromatic carbocycles. The summed E-state index contributed by atoms with van der Waals surface area (Å²) in [7, 11) is -2.16. The molecule has 0 aromatic rings. The zero-order valence-corrected chi connectivity index (χ0v) is 11.7. The smallest absolute Gasteiger partial charge is 0.328 e. The summed E-state index contributed by atoms with van der Waals surface area (Å²) in [5.74, 6) is -1.80. The van der Waals surface area contributed by atoms with Crippen molar-refractivity contribution in [1.82, 2.24) is 9.21 Å². The number of amides is 1. The summed E-state index contributed by atoms with van der Waals surface area (Å²) in [6, 6.07) is -1.06. The number of aliphatic carboxylic acids is 1. The lowest BCUT2D eigenvalue weighted by molar-refractivity contribution is -0.158. The van der Waals surface area contributed by atoms with Crippen molar-refractivity contribution < 1.29 is 27.9 Å². The molecule has 1 amide bonds. The van der Waals surface area contributed by atoms with Crippen molar-refractivity contribution in [3.8, 4) is 0 Å². The number of ether oxygens (including phenoxy) is 1. The summed E-state index contributed by atoms with van der Waals surface area (Å²) < 4.78 is 29.0. The molecule has 8 nitrogen and oxygen atoms in total. The molecule has 1 aliphatic heterocycles. The highest BCUT2D eigenvalue weighted by Crippen LogP contribution is 2.09. The summed E-state index contributed by atoms with van der Waals surface area (Å²) in [6.07, 6.45) is 0. The zero-order valence-electron chi connectivity index (χ0n) is 10.9. The maximum Gasteiger partial charge on any atom is 0.328 e. The number of hydrogen-bond donors (Lipinski definition) is 1. The number of rotatable bonds is 5. The Morgan fingerprint density at radius 1 is 1.47 bits per heavy atom. The maximum atomic E-state index is 12.0. The average molecular weight is 294 g/mol. The first-order valence-corrected chi connectivity index (χ1v) is 7.44. The van der Waals surface area contributed by atoms with E-state index in [0.717, 1.165) is 9.21 Å². The minimum absolute atomic E-state index is 0.0781. The van der Waals surface area contributed by atoms with Crippen LogP contribution in [0.5, 0.6) is 0 Å². The second-order valence-corrected chi connectivity index (χ2v) is 6.54. The van der Waals surface area contributed by atoms with Crippen LogP contribution in [0.15, 0.2) is 0 Å². The first-order chi connectivity index (χ1) is 8.79. The van der Waals surface area contributed by atoms with E-state index >= 15 is 0 Å². The number of likely N-dealkylation sites (N-methyl/N-ethyl adjacent to an activating group) is 1. The molecule has 0 radical (unpaired) electrons. The fraction of sp³-hybridized carbons (Fsp3) is 0.800. The van der Waals surface area contributed by atoms with Crippen molar-refractivity contribution in [3.05, 3.63) is 0 Å². The fourth-order valence-corrected chi connectivity index (χ4v) is 2.45. The summed E-state index contributed by atoms with van der Waals surface area (Å²) in [5, 5.41) is 8.99. The minimum Gasteiger partial charge on any atom is -0.480 e. The number of carboxylic acid groups (broad SMARTS) is 1. The highest BCUT2D eigenvalue weighted by molar-refractivity contribution is 7.89. The number of hydrogen-bond acceptors (Lipinski definition) is 5. The Balaban J connectivity index is 2.73. The van der Waals surface area contributed by atoms with E-state index in [-0.39, 0.29) is 32.1 Å². The number of morpholine rings is 1. The third-order valence-corrected chi connectivity index (χ3v) is 4.74. The molecule has 1 saturated heterocycles. The Labute approximate surface area is 112 Å². The van der Waals surface area contributed by atoms with Crippen molar-refractivity contribution in [3.63, 3.8) is 0 Å². The van der Waals surface area contributed by atoms with E-state index in [9.17, 15) is 18.0 Å². The van der Waals surface area contributed by atoms with Gasteiger partial charge in [0, 0.05) is 13.6 Å². The molecule has 0 aromatic heterocycles. The van der Waals surface area contributed by atoms with E-state index < -0.39 is 27.9 Å². The third-order valence-electron chi connectivity index (χ3n) is 2.93. The van der Waals surface area contributed by atoms with Crippen molar-refractivity contribution in [2.24, 2.45) is 0 Å². The zero-order chi connectivity index (χ0) is 14.6. The van der Waals surface area contributed by atoms with Gasteiger partial charge in [0.05, 0.1) is 25.5 Å². The molecule has 110 valence electrons. The van der Waals surface area contributed by atoms with Gasteiger partial charge in [-0.2, -0.15) is 4.31 Å². The van der Waals surface area contributed by atoms with Crippen LogP contribution in [0.4, 0.5) is 0 Å². The van der Waals surface area contributed by atoms with Gasteiger partial charge in [-0.25, -0.2) is 13.2 Å². The van der Waals surface area contributed by atoms with Crippen LogP contribution in [0.1, 0.15) is 6.92 Å². The number of nitrogens with zero attached hydrogens (tertiary/aromatic N) is 2. The van der Waals surface area contributed by atoms with Gasteiger partial charge in [0.1, 0.15) is 0 Å². The van der Waals surface area contributed by atoms with Crippen LogP contribution in [0.3, 0.4) is 0 Å². The standard InChI is InChI=1S/C10H18N2O6S/c1-3-19(16,17)11(2)6-9(13)12-4-5-18-7-8(12)10(14)15/h8H,3-7H2,1-2H3,(H,14,15). The van der Waals surface area contributed by atoms with Crippen molar-refractivity contribution in [1.29, 1.82) is 0 Å². The third kappa shape index (κ3) is 3.88. The Morgan fingerprint density at radius 2 is 2.11 bits per heavy atom. The van der Waals surface area contributed by atoms with Crippen LogP contribution in [0.25, 0.3) is 0 Å². The molecule has 1 rings (SSSR count). The van der Waals surface area contributed by atoms with E-state index in [1.165, 1.54) is 14.0 Å². The van der Waals surface area contributed by atoms with Crippen LogP contribution in [-0.4, -0.2) is 79.8 Å². The highest BCUT2D eigenvalue weighted by Gasteiger charge is 2.33. The number of carbonyl (C=O) groups is 2. The molecule has 0 bridgehead atoms. The molecule has 0 saturated carbocycles. The Hall–Kier alpha value is -1.19. The quantitative estimate of drug-likeness (QED) is 0.667. The molecule has 1 fully saturated rings. The summed E-state index contributed by atoms with van der Waals surface area (Å²) in [6.45, 7) is 1.44. The lowest BCUT2D eigenvalue weighted by Gasteiger charge is -2.33. The lowest BCUT2D eigenvalue weighted by atomic mass is 10.2. The van der Waals surface area contributed by atoms with Gasteiger partial charge in [-0.1, -0.05) is 0 Å². The average Bonchev–Trinajstić information content (AvgIpc) is 2.38. The Kier molecular flexibility index (Phi) is 5.27. The maximum absolute atomic E-state index is 12.0. The SMILES string of the molecule is CCS(=O)(=O)N(C)CC(=O)N1CCOCC1C(=O)O. The molecule has 1 aliphatic rings. The first kappa shape index (κ1) is 15.9. The number of carbonyl (C=O) groups excluding carboxylic acids is 1. The van der Waals surface area contributed by atoms with E-state index in [0.29, 0.717) is 0 Å². The molecular weight excluding hydrogens is 276 g/mol. The van der Waals surface area contributed by atoms with Gasteiger partial charge in [0.15, 0.2) is 6.04 Å². The molecule has 1 atom stereocenters. The number of carboxylic acids is 1. The van der Waals surface area contributed by atoms with Gasteiger partial charge < -0.3 is 14.7 Å². The van der Waals surface area contributed by atoms with Crippen LogP contribution in [0.2, 0.25) is 0 Å². The molecular formula is C10H18N2O6S. The van der Waals surface area contributed by atoms with Gasteiger partial charge in [-0.3, -0.25) is 4.79 Å². The van der Waals surface area contributed by atoms with Crippen molar-refractivity contribution >= 4 is 21.9 Å². The predicted molar refractivity (Wildman–Crippen MR) is 66.0 cm³/mol. The first-order valence-electron chi connectivity index (χ1n) is 5.83. The Bertz CT molecular complexity index is 449. The minimum atomic E-state index is -3.46. The van der Waals surface area contributed by atoms with Crippen molar-refractivity contribution in [2.45, 2.75) is 13.0 Å². The Morgan fingerprint density at radius 3 is 2.63 bits per heavy atom. The van der Waals surface area contributed by atoms with Gasteiger partial charge in [0.25, 0.3) is 0 Å². The highest BCUT2D eigenvalue weighted by atomic mass is 32.2. The monoisotopic (exact) mass is 294 g/mol. The van der Waals surface area contributed by atoms with Gasteiger partial charge in [-0.15, -0.1) is 0 Å². The van der Waals surface area contributed by atoms with Gasteiger partial charge >= 0.3 is 5.97 Å². The molecule has 19 heavy (non-hydrogen) atoms. The predicted octanol–water partition coefficient (Wildman–Crippen LogP) is -1.42.